The Labute approximate surface area is 115 Å². The predicted octanol–water partition coefficient (Wildman–Crippen LogP) is 0.871. The molecule has 0 atom stereocenters. The molecule has 0 radical (unpaired) electrons. The summed E-state index contributed by atoms with van der Waals surface area (Å²) in [6.07, 6.45) is 3.52. The highest BCUT2D eigenvalue weighted by Gasteiger charge is 2.14. The van der Waals surface area contributed by atoms with Crippen LogP contribution in [0.25, 0.3) is 0 Å². The lowest BCUT2D eigenvalue weighted by atomic mass is 10.2. The molecule has 1 aliphatic rings. The maximum atomic E-state index is 12.1. The SMILES string of the molecule is CC(C)n1ccc(CC(=O)CN2CCCNCC2)n1. The summed E-state index contributed by atoms with van der Waals surface area (Å²) in [5, 5.41) is 7.77. The molecule has 2 heterocycles. The van der Waals surface area contributed by atoms with E-state index in [0.29, 0.717) is 19.0 Å². The minimum atomic E-state index is 0.260. The van der Waals surface area contributed by atoms with E-state index in [1.54, 1.807) is 0 Å². The van der Waals surface area contributed by atoms with Gasteiger partial charge in [-0.3, -0.25) is 14.4 Å². The van der Waals surface area contributed by atoms with Crippen molar-refractivity contribution in [1.82, 2.24) is 20.0 Å². The highest BCUT2D eigenvalue weighted by molar-refractivity contribution is 5.82. The van der Waals surface area contributed by atoms with Gasteiger partial charge in [0.1, 0.15) is 0 Å². The maximum absolute atomic E-state index is 12.1. The topological polar surface area (TPSA) is 50.2 Å². The van der Waals surface area contributed by atoms with Crippen LogP contribution in [0.5, 0.6) is 0 Å². The minimum Gasteiger partial charge on any atom is -0.315 e. The first-order chi connectivity index (χ1) is 9.15. The number of Topliss-reactive ketones (excluding diaryl/α,β-unsaturated/α-hetero) is 1. The van der Waals surface area contributed by atoms with Gasteiger partial charge in [-0.15, -0.1) is 0 Å². The summed E-state index contributed by atoms with van der Waals surface area (Å²) < 4.78 is 1.90. The lowest BCUT2D eigenvalue weighted by molar-refractivity contribution is -0.119. The van der Waals surface area contributed by atoms with Crippen molar-refractivity contribution in [1.29, 1.82) is 0 Å². The number of hydrogen-bond acceptors (Lipinski definition) is 4. The molecule has 5 nitrogen and oxygen atoms in total. The van der Waals surface area contributed by atoms with Crippen LogP contribution in [-0.4, -0.2) is 53.2 Å². The molecule has 1 aromatic rings. The van der Waals surface area contributed by atoms with Crippen molar-refractivity contribution in [2.45, 2.75) is 32.7 Å². The molecule has 2 rings (SSSR count). The molecule has 0 spiro atoms. The van der Waals surface area contributed by atoms with Crippen molar-refractivity contribution in [3.8, 4) is 0 Å². The molecule has 1 N–H and O–H groups in total. The standard InChI is InChI=1S/C14H24N4O/c1-12(2)18-8-4-13(16-18)10-14(19)11-17-7-3-5-15-6-9-17/h4,8,12,15H,3,5-7,9-11H2,1-2H3. The molecule has 0 aromatic carbocycles. The van der Waals surface area contributed by atoms with E-state index < -0.39 is 0 Å². The van der Waals surface area contributed by atoms with Gasteiger partial charge in [0.25, 0.3) is 0 Å². The first-order valence-corrected chi connectivity index (χ1v) is 7.14. The molecule has 19 heavy (non-hydrogen) atoms. The van der Waals surface area contributed by atoms with Crippen molar-refractivity contribution < 1.29 is 4.79 Å². The zero-order valence-corrected chi connectivity index (χ0v) is 11.9. The first kappa shape index (κ1) is 14.2. The molecule has 0 bridgehead atoms. The summed E-state index contributed by atoms with van der Waals surface area (Å²) >= 11 is 0. The van der Waals surface area contributed by atoms with Gasteiger partial charge in [-0.05, 0) is 39.4 Å². The van der Waals surface area contributed by atoms with Gasteiger partial charge in [-0.1, -0.05) is 0 Å². The largest absolute Gasteiger partial charge is 0.315 e. The highest BCUT2D eigenvalue weighted by Crippen LogP contribution is 2.05. The van der Waals surface area contributed by atoms with E-state index in [2.05, 4.69) is 29.2 Å². The summed E-state index contributed by atoms with van der Waals surface area (Å²) in [6, 6.07) is 2.29. The van der Waals surface area contributed by atoms with Crippen LogP contribution >= 0.6 is 0 Å². The molecular weight excluding hydrogens is 240 g/mol. The number of carbonyl (C=O) groups is 1. The van der Waals surface area contributed by atoms with E-state index in [0.717, 1.165) is 38.3 Å². The van der Waals surface area contributed by atoms with E-state index >= 15 is 0 Å². The highest BCUT2D eigenvalue weighted by atomic mass is 16.1. The molecular formula is C14H24N4O. The second-order valence-electron chi connectivity index (χ2n) is 5.48. The Morgan fingerprint density at radius 2 is 2.26 bits per heavy atom. The van der Waals surface area contributed by atoms with Crippen LogP contribution in [0.4, 0.5) is 0 Å². The number of aromatic nitrogens is 2. The van der Waals surface area contributed by atoms with Crippen molar-refractivity contribution in [2.24, 2.45) is 0 Å². The van der Waals surface area contributed by atoms with E-state index in [1.807, 2.05) is 16.9 Å². The number of nitrogens with zero attached hydrogens (tertiary/aromatic N) is 3. The molecule has 1 fully saturated rings. The Bertz CT molecular complexity index is 405. The van der Waals surface area contributed by atoms with Gasteiger partial charge in [0.15, 0.2) is 5.78 Å². The third-order valence-electron chi connectivity index (χ3n) is 3.40. The van der Waals surface area contributed by atoms with Crippen LogP contribution in [0.15, 0.2) is 12.3 Å². The van der Waals surface area contributed by atoms with Gasteiger partial charge in [0.05, 0.1) is 18.7 Å². The van der Waals surface area contributed by atoms with Crippen molar-refractivity contribution >= 4 is 5.78 Å². The van der Waals surface area contributed by atoms with Crippen LogP contribution in [0.1, 0.15) is 32.0 Å². The normalized spacial score (nSPS) is 17.6. The zero-order valence-electron chi connectivity index (χ0n) is 11.9. The number of rotatable bonds is 5. The van der Waals surface area contributed by atoms with E-state index in [-0.39, 0.29) is 5.78 Å². The third-order valence-corrected chi connectivity index (χ3v) is 3.40. The lowest BCUT2D eigenvalue weighted by Gasteiger charge is -2.17. The number of carbonyl (C=O) groups excluding carboxylic acids is 1. The number of nitrogens with one attached hydrogen (secondary N) is 1. The Morgan fingerprint density at radius 1 is 1.42 bits per heavy atom. The van der Waals surface area contributed by atoms with Gasteiger partial charge in [0, 0.05) is 25.3 Å². The van der Waals surface area contributed by atoms with Crippen LogP contribution in [-0.2, 0) is 11.2 Å². The maximum Gasteiger partial charge on any atom is 0.152 e. The monoisotopic (exact) mass is 264 g/mol. The van der Waals surface area contributed by atoms with Crippen LogP contribution < -0.4 is 5.32 Å². The summed E-state index contributed by atoms with van der Waals surface area (Å²) in [4.78, 5) is 14.3. The van der Waals surface area contributed by atoms with Crippen LogP contribution in [0.3, 0.4) is 0 Å². The van der Waals surface area contributed by atoms with Crippen molar-refractivity contribution in [2.75, 3.05) is 32.7 Å². The second kappa shape index (κ2) is 6.82. The molecule has 1 saturated heterocycles. The Balaban J connectivity index is 1.82. The van der Waals surface area contributed by atoms with Gasteiger partial charge in [0.2, 0.25) is 0 Å². The van der Waals surface area contributed by atoms with Crippen molar-refractivity contribution in [3.63, 3.8) is 0 Å². The van der Waals surface area contributed by atoms with Gasteiger partial charge in [-0.2, -0.15) is 5.10 Å². The Kier molecular flexibility index (Phi) is 5.10. The Morgan fingerprint density at radius 3 is 3.00 bits per heavy atom. The first-order valence-electron chi connectivity index (χ1n) is 7.14. The fourth-order valence-corrected chi connectivity index (χ4v) is 2.33. The summed E-state index contributed by atoms with van der Waals surface area (Å²) in [6.45, 7) is 8.74. The van der Waals surface area contributed by atoms with Crippen molar-refractivity contribution in [3.05, 3.63) is 18.0 Å². The average molecular weight is 264 g/mol. The average Bonchev–Trinajstić information content (AvgIpc) is 2.67. The number of ketones is 1. The van der Waals surface area contributed by atoms with E-state index in [1.165, 1.54) is 0 Å². The number of hydrogen-bond donors (Lipinski definition) is 1. The smallest absolute Gasteiger partial charge is 0.152 e. The molecule has 0 amide bonds. The van der Waals surface area contributed by atoms with Gasteiger partial charge >= 0.3 is 0 Å². The van der Waals surface area contributed by atoms with Gasteiger partial charge < -0.3 is 5.32 Å². The Hall–Kier alpha value is -1.20. The fraction of sp³-hybridized carbons (Fsp3) is 0.714. The van der Waals surface area contributed by atoms with E-state index in [9.17, 15) is 4.79 Å². The molecule has 1 aromatic heterocycles. The molecule has 5 heteroatoms. The lowest BCUT2D eigenvalue weighted by Crippen LogP contribution is -2.33. The third kappa shape index (κ3) is 4.44. The minimum absolute atomic E-state index is 0.260. The molecule has 106 valence electrons. The quantitative estimate of drug-likeness (QED) is 0.857. The van der Waals surface area contributed by atoms with E-state index in [4.69, 9.17) is 0 Å². The van der Waals surface area contributed by atoms with Crippen LogP contribution in [0, 0.1) is 0 Å². The van der Waals surface area contributed by atoms with Gasteiger partial charge in [-0.25, -0.2) is 0 Å². The molecule has 0 unspecified atom stereocenters. The second-order valence-corrected chi connectivity index (χ2v) is 5.48. The van der Waals surface area contributed by atoms with Crippen LogP contribution in [0.2, 0.25) is 0 Å². The molecule has 1 aliphatic heterocycles. The summed E-state index contributed by atoms with van der Waals surface area (Å²) in [7, 11) is 0. The summed E-state index contributed by atoms with van der Waals surface area (Å²) in [5.41, 5.74) is 0.881. The zero-order chi connectivity index (χ0) is 13.7. The fourth-order valence-electron chi connectivity index (χ4n) is 2.33. The summed E-state index contributed by atoms with van der Waals surface area (Å²) in [5.74, 6) is 0.260. The molecule has 0 aliphatic carbocycles. The predicted molar refractivity (Wildman–Crippen MR) is 75.2 cm³/mol. The molecule has 0 saturated carbocycles.